The number of allylic oxidation sites excluding steroid dienone is 4. The summed E-state index contributed by atoms with van der Waals surface area (Å²) in [4.78, 5) is 0. The Balaban J connectivity index is 5.89. The van der Waals surface area contributed by atoms with Crippen LogP contribution in [0.1, 0.15) is 6.92 Å². The van der Waals surface area contributed by atoms with Gasteiger partial charge in [0.2, 0.25) is 5.83 Å². The van der Waals surface area contributed by atoms with E-state index in [2.05, 4.69) is 0 Å². The number of halogens is 9. The van der Waals surface area contributed by atoms with E-state index in [0.29, 0.717) is 6.08 Å². The van der Waals surface area contributed by atoms with E-state index in [1.54, 1.807) is 0 Å². The molecule has 0 amide bonds. The van der Waals surface area contributed by atoms with Crippen molar-refractivity contribution >= 4 is 0 Å². The summed E-state index contributed by atoms with van der Waals surface area (Å²) >= 11 is 0. The fraction of sp³-hybridized carbons (Fsp3) is 0.500. The highest BCUT2D eigenvalue weighted by atomic mass is 19.4. The standard InChI is InChI=1S/C8H5F9/c1-2-3-4(5(9)7(12,13)14)6(10,11)8(15,16)17/h2-3H,1H3. The van der Waals surface area contributed by atoms with Crippen LogP contribution < -0.4 is 0 Å². The van der Waals surface area contributed by atoms with Gasteiger partial charge in [-0.25, -0.2) is 4.39 Å². The predicted molar refractivity (Wildman–Crippen MR) is 40.0 cm³/mol. The molecule has 0 N–H and O–H groups in total. The summed E-state index contributed by atoms with van der Waals surface area (Å²) in [5.41, 5.74) is -2.76. The normalized spacial score (nSPS) is 16.4. The number of hydrogen-bond donors (Lipinski definition) is 0. The van der Waals surface area contributed by atoms with Crippen LogP contribution in [0, 0.1) is 0 Å². The first-order valence-corrected chi connectivity index (χ1v) is 3.90. The first kappa shape index (κ1) is 15.9. The van der Waals surface area contributed by atoms with Crippen molar-refractivity contribution in [2.45, 2.75) is 25.2 Å². The first-order valence-electron chi connectivity index (χ1n) is 3.90. The van der Waals surface area contributed by atoms with Crippen LogP contribution in [0.25, 0.3) is 0 Å². The fourth-order valence-corrected chi connectivity index (χ4v) is 0.788. The average molecular weight is 272 g/mol. The summed E-state index contributed by atoms with van der Waals surface area (Å²) in [6.07, 6.45) is -12.1. The van der Waals surface area contributed by atoms with Gasteiger partial charge in [0, 0.05) is 0 Å². The molecule has 0 aromatic carbocycles. The second-order valence-electron chi connectivity index (χ2n) is 2.80. The Hall–Kier alpha value is -1.15. The van der Waals surface area contributed by atoms with Gasteiger partial charge in [-0.1, -0.05) is 12.2 Å². The molecule has 0 fully saturated rings. The van der Waals surface area contributed by atoms with E-state index >= 15 is 0 Å². The Morgan fingerprint density at radius 2 is 1.29 bits per heavy atom. The summed E-state index contributed by atoms with van der Waals surface area (Å²) < 4.78 is 108. The molecule has 0 spiro atoms. The molecule has 9 heteroatoms. The van der Waals surface area contributed by atoms with Gasteiger partial charge in [-0.05, 0) is 6.92 Å². The Bertz CT molecular complexity index is 328. The van der Waals surface area contributed by atoms with Gasteiger partial charge in [-0.3, -0.25) is 0 Å². The van der Waals surface area contributed by atoms with E-state index < -0.39 is 29.7 Å². The average Bonchev–Trinajstić information content (AvgIpc) is 2.09. The van der Waals surface area contributed by atoms with E-state index in [4.69, 9.17) is 0 Å². The predicted octanol–water partition coefficient (Wildman–Crippen LogP) is 4.55. The molecule has 0 heterocycles. The van der Waals surface area contributed by atoms with Gasteiger partial charge in [0.05, 0.1) is 5.57 Å². The van der Waals surface area contributed by atoms with Gasteiger partial charge in [0.15, 0.2) is 0 Å². The van der Waals surface area contributed by atoms with Gasteiger partial charge in [-0.15, -0.1) is 0 Å². The van der Waals surface area contributed by atoms with Crippen molar-refractivity contribution in [1.29, 1.82) is 0 Å². The van der Waals surface area contributed by atoms with Crippen molar-refractivity contribution in [3.8, 4) is 0 Å². The van der Waals surface area contributed by atoms with Crippen LogP contribution in [0.2, 0.25) is 0 Å². The molecule has 0 saturated carbocycles. The molecule has 0 aliphatic rings. The summed E-state index contributed by atoms with van der Waals surface area (Å²) in [5.74, 6) is -9.39. The van der Waals surface area contributed by atoms with Crippen molar-refractivity contribution < 1.29 is 39.5 Å². The second kappa shape index (κ2) is 4.61. The SMILES string of the molecule is CC=CC(=C(F)C(F)(F)F)C(F)(F)C(F)(F)F. The molecule has 0 aromatic rings. The molecule has 0 bridgehead atoms. The first-order chi connectivity index (χ1) is 7.35. The molecule has 0 atom stereocenters. The Kier molecular flexibility index (Phi) is 4.30. The minimum atomic E-state index is -6.32. The van der Waals surface area contributed by atoms with Crippen LogP contribution in [0.5, 0.6) is 0 Å². The zero-order valence-electron chi connectivity index (χ0n) is 8.06. The zero-order valence-corrected chi connectivity index (χ0v) is 8.06. The maximum Gasteiger partial charge on any atom is 0.458 e. The summed E-state index contributed by atoms with van der Waals surface area (Å²) in [6.45, 7) is 0.871. The number of hydrogen-bond acceptors (Lipinski definition) is 0. The van der Waals surface area contributed by atoms with Crippen LogP contribution in [0.15, 0.2) is 23.6 Å². The van der Waals surface area contributed by atoms with Crippen LogP contribution >= 0.6 is 0 Å². The van der Waals surface area contributed by atoms with E-state index in [1.165, 1.54) is 0 Å². The van der Waals surface area contributed by atoms with Gasteiger partial charge < -0.3 is 0 Å². The Morgan fingerprint density at radius 1 is 0.882 bits per heavy atom. The largest absolute Gasteiger partial charge is 0.458 e. The van der Waals surface area contributed by atoms with Gasteiger partial charge in [0.25, 0.3) is 0 Å². The van der Waals surface area contributed by atoms with E-state index in [0.717, 1.165) is 6.92 Å². The van der Waals surface area contributed by atoms with Gasteiger partial charge in [-0.2, -0.15) is 35.1 Å². The van der Waals surface area contributed by atoms with Crippen LogP contribution in [-0.4, -0.2) is 18.3 Å². The van der Waals surface area contributed by atoms with Crippen LogP contribution in [0.3, 0.4) is 0 Å². The number of alkyl halides is 8. The summed E-state index contributed by atoms with van der Waals surface area (Å²) in [5, 5.41) is 0. The lowest BCUT2D eigenvalue weighted by Crippen LogP contribution is -2.39. The van der Waals surface area contributed by atoms with E-state index in [-0.39, 0.29) is 6.08 Å². The third-order valence-corrected chi connectivity index (χ3v) is 1.51. The van der Waals surface area contributed by atoms with E-state index in [9.17, 15) is 39.5 Å². The highest BCUT2D eigenvalue weighted by Crippen LogP contribution is 2.45. The van der Waals surface area contributed by atoms with Crippen LogP contribution in [-0.2, 0) is 0 Å². The molecule has 0 rings (SSSR count). The van der Waals surface area contributed by atoms with Crippen molar-refractivity contribution in [2.24, 2.45) is 0 Å². The zero-order chi connectivity index (χ0) is 14.1. The lowest BCUT2D eigenvalue weighted by Gasteiger charge is -2.21. The van der Waals surface area contributed by atoms with Crippen molar-refractivity contribution in [2.75, 3.05) is 0 Å². The quantitative estimate of drug-likeness (QED) is 0.511. The molecular formula is C8H5F9. The summed E-state index contributed by atoms with van der Waals surface area (Å²) in [7, 11) is 0. The highest BCUT2D eigenvalue weighted by Gasteiger charge is 2.62. The molecule has 0 aliphatic carbocycles. The molecule has 100 valence electrons. The highest BCUT2D eigenvalue weighted by molar-refractivity contribution is 5.32. The third-order valence-electron chi connectivity index (χ3n) is 1.51. The molecule has 0 saturated heterocycles. The minimum Gasteiger partial charge on any atom is -0.201 e. The molecule has 17 heavy (non-hydrogen) atoms. The second-order valence-corrected chi connectivity index (χ2v) is 2.80. The van der Waals surface area contributed by atoms with Crippen LogP contribution in [0.4, 0.5) is 39.5 Å². The minimum absolute atomic E-state index is 0.268. The third kappa shape index (κ3) is 3.40. The van der Waals surface area contributed by atoms with Gasteiger partial charge >= 0.3 is 18.3 Å². The number of rotatable bonds is 2. The topological polar surface area (TPSA) is 0 Å². The lowest BCUT2D eigenvalue weighted by molar-refractivity contribution is -0.264. The molecule has 0 aromatic heterocycles. The van der Waals surface area contributed by atoms with Crippen molar-refractivity contribution in [3.63, 3.8) is 0 Å². The summed E-state index contributed by atoms with van der Waals surface area (Å²) in [6, 6.07) is 0. The van der Waals surface area contributed by atoms with E-state index in [1.807, 2.05) is 0 Å². The Labute approximate surface area is 89.4 Å². The van der Waals surface area contributed by atoms with Crippen molar-refractivity contribution in [1.82, 2.24) is 0 Å². The molecule has 0 nitrogen and oxygen atoms in total. The monoisotopic (exact) mass is 272 g/mol. The maximum atomic E-state index is 12.6. The lowest BCUT2D eigenvalue weighted by atomic mass is 10.1. The van der Waals surface area contributed by atoms with Gasteiger partial charge in [0.1, 0.15) is 0 Å². The molecule has 0 unspecified atom stereocenters. The maximum absolute atomic E-state index is 12.6. The smallest absolute Gasteiger partial charge is 0.201 e. The van der Waals surface area contributed by atoms with Crippen molar-refractivity contribution in [3.05, 3.63) is 23.6 Å². The molecule has 0 aliphatic heterocycles. The fourth-order valence-electron chi connectivity index (χ4n) is 0.788. The molecule has 0 radical (unpaired) electrons. The Morgan fingerprint density at radius 3 is 1.53 bits per heavy atom. The molecular weight excluding hydrogens is 267 g/mol.